The van der Waals surface area contributed by atoms with Gasteiger partial charge in [-0.25, -0.2) is 0 Å². The molecule has 1 unspecified atom stereocenters. The summed E-state index contributed by atoms with van der Waals surface area (Å²) in [6, 6.07) is 0.694. The van der Waals surface area contributed by atoms with Gasteiger partial charge in [0.2, 0.25) is 0 Å². The summed E-state index contributed by atoms with van der Waals surface area (Å²) in [7, 11) is 4.24. The lowest BCUT2D eigenvalue weighted by atomic mass is 10.2. The van der Waals surface area contributed by atoms with Crippen molar-refractivity contribution in [3.8, 4) is 0 Å². The standard InChI is InChI=1S/C8H20N2/c1-5-9-7-6-8(2)10(3)4/h8-9H,5-7H2,1-4H3. The van der Waals surface area contributed by atoms with E-state index < -0.39 is 0 Å². The van der Waals surface area contributed by atoms with Crippen LogP contribution in [0.5, 0.6) is 0 Å². The second-order valence-electron chi connectivity index (χ2n) is 2.95. The molecule has 2 heteroatoms. The topological polar surface area (TPSA) is 15.3 Å². The van der Waals surface area contributed by atoms with Crippen LogP contribution < -0.4 is 5.32 Å². The summed E-state index contributed by atoms with van der Waals surface area (Å²) >= 11 is 0. The summed E-state index contributed by atoms with van der Waals surface area (Å²) in [5.41, 5.74) is 0. The Balaban J connectivity index is 3.13. The minimum atomic E-state index is 0.694. The highest BCUT2D eigenvalue weighted by Crippen LogP contribution is 1.95. The van der Waals surface area contributed by atoms with Gasteiger partial charge < -0.3 is 10.2 Å². The highest BCUT2D eigenvalue weighted by molar-refractivity contribution is 4.60. The molecule has 0 aliphatic heterocycles. The van der Waals surface area contributed by atoms with Crippen LogP contribution in [0.3, 0.4) is 0 Å². The zero-order valence-corrected chi connectivity index (χ0v) is 7.65. The van der Waals surface area contributed by atoms with Gasteiger partial charge >= 0.3 is 0 Å². The van der Waals surface area contributed by atoms with E-state index in [0.29, 0.717) is 6.04 Å². The number of nitrogens with one attached hydrogen (secondary N) is 1. The van der Waals surface area contributed by atoms with Crippen molar-refractivity contribution in [2.24, 2.45) is 0 Å². The van der Waals surface area contributed by atoms with Crippen molar-refractivity contribution in [3.05, 3.63) is 0 Å². The zero-order valence-electron chi connectivity index (χ0n) is 7.65. The first-order valence-corrected chi connectivity index (χ1v) is 4.05. The van der Waals surface area contributed by atoms with E-state index in [2.05, 4.69) is 38.2 Å². The zero-order chi connectivity index (χ0) is 7.98. The van der Waals surface area contributed by atoms with Crippen LogP contribution in [0.1, 0.15) is 20.3 Å². The molecule has 2 nitrogen and oxygen atoms in total. The molecule has 0 aromatic heterocycles. The fraction of sp³-hybridized carbons (Fsp3) is 1.00. The fourth-order valence-corrected chi connectivity index (χ4v) is 0.746. The normalized spacial score (nSPS) is 14.1. The maximum atomic E-state index is 3.31. The molecule has 0 saturated heterocycles. The minimum Gasteiger partial charge on any atom is -0.317 e. The molecule has 0 rings (SSSR count). The van der Waals surface area contributed by atoms with E-state index in [1.165, 1.54) is 6.42 Å². The van der Waals surface area contributed by atoms with Crippen LogP contribution in [0, 0.1) is 0 Å². The first-order chi connectivity index (χ1) is 4.68. The molecule has 0 bridgehead atoms. The van der Waals surface area contributed by atoms with Gasteiger partial charge in [-0.15, -0.1) is 0 Å². The monoisotopic (exact) mass is 144 g/mol. The molecule has 0 heterocycles. The van der Waals surface area contributed by atoms with Crippen molar-refractivity contribution >= 4 is 0 Å². The Morgan fingerprint density at radius 3 is 2.40 bits per heavy atom. The molecule has 1 N–H and O–H groups in total. The average Bonchev–Trinajstić information content (AvgIpc) is 1.88. The third-order valence-electron chi connectivity index (χ3n) is 1.87. The Kier molecular flexibility index (Phi) is 5.64. The molecule has 0 fully saturated rings. The van der Waals surface area contributed by atoms with Gasteiger partial charge in [-0.2, -0.15) is 0 Å². The Morgan fingerprint density at radius 2 is 2.00 bits per heavy atom. The Hall–Kier alpha value is -0.0800. The van der Waals surface area contributed by atoms with E-state index in [1.54, 1.807) is 0 Å². The molecular formula is C8H20N2. The van der Waals surface area contributed by atoms with Crippen molar-refractivity contribution in [1.29, 1.82) is 0 Å². The van der Waals surface area contributed by atoms with Crippen LogP contribution >= 0.6 is 0 Å². The second-order valence-corrected chi connectivity index (χ2v) is 2.95. The maximum absolute atomic E-state index is 3.31. The van der Waals surface area contributed by atoms with Gasteiger partial charge in [0.05, 0.1) is 0 Å². The van der Waals surface area contributed by atoms with E-state index in [-0.39, 0.29) is 0 Å². The van der Waals surface area contributed by atoms with Crippen molar-refractivity contribution in [2.75, 3.05) is 27.2 Å². The largest absolute Gasteiger partial charge is 0.317 e. The van der Waals surface area contributed by atoms with Crippen LogP contribution in [0.4, 0.5) is 0 Å². The molecule has 0 aromatic carbocycles. The molecule has 0 aliphatic rings. The second kappa shape index (κ2) is 5.69. The molecule has 0 spiro atoms. The first-order valence-electron chi connectivity index (χ1n) is 4.05. The molecule has 1 atom stereocenters. The van der Waals surface area contributed by atoms with Crippen molar-refractivity contribution in [3.63, 3.8) is 0 Å². The average molecular weight is 144 g/mol. The summed E-state index contributed by atoms with van der Waals surface area (Å²) in [5, 5.41) is 3.31. The van der Waals surface area contributed by atoms with E-state index in [9.17, 15) is 0 Å². The molecule has 10 heavy (non-hydrogen) atoms. The van der Waals surface area contributed by atoms with Crippen molar-refractivity contribution in [1.82, 2.24) is 10.2 Å². The van der Waals surface area contributed by atoms with Crippen molar-refractivity contribution in [2.45, 2.75) is 26.3 Å². The molecule has 0 aliphatic carbocycles. The molecule has 0 radical (unpaired) electrons. The number of hydrogen-bond donors (Lipinski definition) is 1. The van der Waals surface area contributed by atoms with Gasteiger partial charge in [0, 0.05) is 6.04 Å². The highest BCUT2D eigenvalue weighted by Gasteiger charge is 2.01. The lowest BCUT2D eigenvalue weighted by Crippen LogP contribution is -2.28. The summed E-state index contributed by atoms with van der Waals surface area (Å²) in [6.45, 7) is 6.60. The summed E-state index contributed by atoms with van der Waals surface area (Å²) in [6.07, 6.45) is 1.24. The smallest absolute Gasteiger partial charge is 0.00729 e. The number of hydrogen-bond acceptors (Lipinski definition) is 2. The molecular weight excluding hydrogens is 124 g/mol. The van der Waals surface area contributed by atoms with E-state index in [4.69, 9.17) is 0 Å². The summed E-state index contributed by atoms with van der Waals surface area (Å²) in [4.78, 5) is 2.25. The Morgan fingerprint density at radius 1 is 1.40 bits per heavy atom. The van der Waals surface area contributed by atoms with Gasteiger partial charge in [-0.05, 0) is 40.5 Å². The van der Waals surface area contributed by atoms with Crippen LogP contribution in [0.2, 0.25) is 0 Å². The lowest BCUT2D eigenvalue weighted by Gasteiger charge is -2.19. The number of nitrogens with zero attached hydrogens (tertiary/aromatic N) is 1. The van der Waals surface area contributed by atoms with Crippen LogP contribution in [-0.4, -0.2) is 38.1 Å². The van der Waals surface area contributed by atoms with Crippen LogP contribution in [-0.2, 0) is 0 Å². The van der Waals surface area contributed by atoms with Gasteiger partial charge in [-0.3, -0.25) is 0 Å². The number of rotatable bonds is 5. The van der Waals surface area contributed by atoms with Crippen molar-refractivity contribution < 1.29 is 0 Å². The fourth-order valence-electron chi connectivity index (χ4n) is 0.746. The molecule has 62 valence electrons. The molecule has 0 saturated carbocycles. The van der Waals surface area contributed by atoms with E-state index in [0.717, 1.165) is 13.1 Å². The van der Waals surface area contributed by atoms with Crippen LogP contribution in [0.25, 0.3) is 0 Å². The third-order valence-corrected chi connectivity index (χ3v) is 1.87. The third kappa shape index (κ3) is 4.77. The van der Waals surface area contributed by atoms with Crippen LogP contribution in [0.15, 0.2) is 0 Å². The summed E-state index contributed by atoms with van der Waals surface area (Å²) in [5.74, 6) is 0. The van der Waals surface area contributed by atoms with Gasteiger partial charge in [0.25, 0.3) is 0 Å². The Labute approximate surface area is 64.6 Å². The predicted molar refractivity (Wildman–Crippen MR) is 46.3 cm³/mol. The quantitative estimate of drug-likeness (QED) is 0.578. The first kappa shape index (κ1) is 9.92. The van der Waals surface area contributed by atoms with Gasteiger partial charge in [0.1, 0.15) is 0 Å². The lowest BCUT2D eigenvalue weighted by molar-refractivity contribution is 0.296. The molecule has 0 aromatic rings. The Bertz CT molecular complexity index is 71.7. The molecule has 0 amide bonds. The highest BCUT2D eigenvalue weighted by atomic mass is 15.1. The van der Waals surface area contributed by atoms with E-state index in [1.807, 2.05) is 0 Å². The predicted octanol–water partition coefficient (Wildman–Crippen LogP) is 0.936. The van der Waals surface area contributed by atoms with Gasteiger partial charge in [0.15, 0.2) is 0 Å². The van der Waals surface area contributed by atoms with E-state index >= 15 is 0 Å². The summed E-state index contributed by atoms with van der Waals surface area (Å²) < 4.78 is 0. The SMILES string of the molecule is CCNCCC(C)N(C)C. The van der Waals surface area contributed by atoms with Gasteiger partial charge in [-0.1, -0.05) is 6.92 Å². The minimum absolute atomic E-state index is 0.694. The maximum Gasteiger partial charge on any atom is 0.00729 e.